The van der Waals surface area contributed by atoms with Gasteiger partial charge < -0.3 is 10.6 Å². The van der Waals surface area contributed by atoms with E-state index in [1.54, 1.807) is 24.3 Å². The largest absolute Gasteiger partial charge is 0.326 e. The zero-order valence-electron chi connectivity index (χ0n) is 14.1. The second-order valence-corrected chi connectivity index (χ2v) is 7.26. The fraction of sp³-hybridized carbons (Fsp3) is 0.176. The Bertz CT molecular complexity index is 914. The summed E-state index contributed by atoms with van der Waals surface area (Å²) in [4.78, 5) is 23.1. The van der Waals surface area contributed by atoms with Crippen LogP contribution in [0.4, 0.5) is 15.8 Å². The first-order valence-electron chi connectivity index (χ1n) is 7.64. The van der Waals surface area contributed by atoms with Crippen molar-refractivity contribution in [3.8, 4) is 0 Å². The maximum absolute atomic E-state index is 12.9. The Kier molecular flexibility index (Phi) is 6.06. The monoisotopic (exact) mass is 379 g/mol. The van der Waals surface area contributed by atoms with Crippen LogP contribution >= 0.6 is 0 Å². The van der Waals surface area contributed by atoms with Crippen molar-refractivity contribution >= 4 is 33.2 Å². The Hall–Kier alpha value is -2.78. The molecule has 3 N–H and O–H groups in total. The van der Waals surface area contributed by atoms with Crippen molar-refractivity contribution in [3.63, 3.8) is 0 Å². The molecule has 9 heteroatoms. The Labute approximate surface area is 150 Å². The van der Waals surface area contributed by atoms with Crippen molar-refractivity contribution in [1.82, 2.24) is 4.72 Å². The maximum atomic E-state index is 12.9. The number of carbonyl (C=O) groups excluding carboxylic acids is 2. The van der Waals surface area contributed by atoms with Crippen LogP contribution < -0.4 is 15.4 Å². The highest BCUT2D eigenvalue weighted by atomic mass is 32.2. The van der Waals surface area contributed by atoms with E-state index in [4.69, 9.17) is 0 Å². The van der Waals surface area contributed by atoms with Gasteiger partial charge >= 0.3 is 0 Å². The summed E-state index contributed by atoms with van der Waals surface area (Å²) in [5.74, 6) is -1.40. The molecule has 0 saturated carbocycles. The van der Waals surface area contributed by atoms with E-state index in [1.165, 1.54) is 13.8 Å². The number of hydrogen-bond acceptors (Lipinski definition) is 4. The summed E-state index contributed by atoms with van der Waals surface area (Å²) >= 11 is 0. The van der Waals surface area contributed by atoms with Gasteiger partial charge in [-0.25, -0.2) is 12.8 Å². The van der Waals surface area contributed by atoms with E-state index >= 15 is 0 Å². The van der Waals surface area contributed by atoms with Gasteiger partial charge in [0.25, 0.3) is 0 Å². The molecule has 0 aliphatic carbocycles. The molecule has 0 aliphatic rings. The van der Waals surface area contributed by atoms with Gasteiger partial charge in [0.1, 0.15) is 5.82 Å². The molecule has 0 saturated heterocycles. The zero-order valence-corrected chi connectivity index (χ0v) is 14.9. The molecule has 0 spiro atoms. The van der Waals surface area contributed by atoms with Gasteiger partial charge in [0.15, 0.2) is 0 Å². The van der Waals surface area contributed by atoms with Crippen molar-refractivity contribution < 1.29 is 22.4 Å². The molecular formula is C17H18FN3O4S. The van der Waals surface area contributed by atoms with Gasteiger partial charge in [0, 0.05) is 18.3 Å². The molecule has 2 rings (SSSR count). The van der Waals surface area contributed by atoms with E-state index in [9.17, 15) is 22.4 Å². The molecule has 2 aromatic carbocycles. The van der Waals surface area contributed by atoms with Crippen LogP contribution in [0, 0.1) is 5.82 Å². The lowest BCUT2D eigenvalue weighted by molar-refractivity contribution is -0.117. The van der Waals surface area contributed by atoms with E-state index in [2.05, 4.69) is 15.4 Å². The van der Waals surface area contributed by atoms with E-state index in [1.807, 2.05) is 0 Å². The zero-order chi connectivity index (χ0) is 19.3. The lowest BCUT2D eigenvalue weighted by Crippen LogP contribution is -2.41. The topological polar surface area (TPSA) is 104 Å². The highest BCUT2D eigenvalue weighted by Gasteiger charge is 2.22. The Balaban J connectivity index is 2.05. The summed E-state index contributed by atoms with van der Waals surface area (Å²) in [6, 6.07) is 9.61. The first-order valence-corrected chi connectivity index (χ1v) is 9.12. The molecule has 0 heterocycles. The van der Waals surface area contributed by atoms with Gasteiger partial charge in [0.05, 0.1) is 10.9 Å². The molecule has 7 nitrogen and oxygen atoms in total. The predicted octanol–water partition coefficient (Wildman–Crippen LogP) is 2.09. The average Bonchev–Trinajstić information content (AvgIpc) is 2.54. The van der Waals surface area contributed by atoms with Crippen LogP contribution in [0.5, 0.6) is 0 Å². The molecule has 1 atom stereocenters. The predicted molar refractivity (Wildman–Crippen MR) is 95.6 cm³/mol. The van der Waals surface area contributed by atoms with Crippen LogP contribution in [0.25, 0.3) is 0 Å². The number of hydrogen-bond donors (Lipinski definition) is 3. The maximum Gasteiger partial charge on any atom is 0.242 e. The molecule has 2 aromatic rings. The van der Waals surface area contributed by atoms with Crippen LogP contribution in [-0.4, -0.2) is 26.3 Å². The third kappa shape index (κ3) is 5.36. The Morgan fingerprint density at radius 2 is 1.58 bits per heavy atom. The lowest BCUT2D eigenvalue weighted by atomic mass is 10.2. The Morgan fingerprint density at radius 1 is 1.00 bits per heavy atom. The highest BCUT2D eigenvalue weighted by molar-refractivity contribution is 7.89. The van der Waals surface area contributed by atoms with Crippen LogP contribution in [0.1, 0.15) is 13.8 Å². The van der Waals surface area contributed by atoms with Gasteiger partial charge in [-0.2, -0.15) is 4.72 Å². The first kappa shape index (κ1) is 19.5. The highest BCUT2D eigenvalue weighted by Crippen LogP contribution is 2.16. The number of halogens is 1. The quantitative estimate of drug-likeness (QED) is 0.715. The lowest BCUT2D eigenvalue weighted by Gasteiger charge is -2.15. The molecule has 0 aromatic heterocycles. The van der Waals surface area contributed by atoms with Crippen molar-refractivity contribution in [1.29, 1.82) is 0 Å². The molecular weight excluding hydrogens is 361 g/mol. The van der Waals surface area contributed by atoms with Crippen molar-refractivity contribution in [2.75, 3.05) is 10.6 Å². The van der Waals surface area contributed by atoms with Gasteiger partial charge in [-0.3, -0.25) is 9.59 Å². The van der Waals surface area contributed by atoms with Crippen LogP contribution in [0.15, 0.2) is 53.4 Å². The van der Waals surface area contributed by atoms with Crippen molar-refractivity contribution in [3.05, 3.63) is 54.3 Å². The minimum atomic E-state index is -3.97. The van der Waals surface area contributed by atoms with Gasteiger partial charge in [0.2, 0.25) is 21.8 Å². The molecule has 2 amide bonds. The molecule has 0 unspecified atom stereocenters. The summed E-state index contributed by atoms with van der Waals surface area (Å²) in [6.45, 7) is 2.74. The Morgan fingerprint density at radius 3 is 2.15 bits per heavy atom. The number of anilines is 2. The van der Waals surface area contributed by atoms with Crippen molar-refractivity contribution in [2.45, 2.75) is 24.8 Å². The minimum absolute atomic E-state index is 0.147. The number of nitrogens with one attached hydrogen (secondary N) is 3. The molecule has 0 bridgehead atoms. The minimum Gasteiger partial charge on any atom is -0.326 e. The molecule has 0 aliphatic heterocycles. The summed E-state index contributed by atoms with van der Waals surface area (Å²) in [7, 11) is -3.97. The summed E-state index contributed by atoms with van der Waals surface area (Å²) in [5.41, 5.74) is 0.893. The van der Waals surface area contributed by atoms with E-state index in [-0.39, 0.29) is 10.8 Å². The van der Waals surface area contributed by atoms with E-state index in [0.717, 1.165) is 24.3 Å². The molecule has 26 heavy (non-hydrogen) atoms. The fourth-order valence-electron chi connectivity index (χ4n) is 2.10. The molecule has 0 radical (unpaired) electrons. The van der Waals surface area contributed by atoms with E-state index < -0.39 is 27.8 Å². The normalized spacial score (nSPS) is 12.3. The summed E-state index contributed by atoms with van der Waals surface area (Å²) in [5, 5.41) is 5.14. The number of carbonyl (C=O) groups is 2. The van der Waals surface area contributed by atoms with Crippen LogP contribution in [-0.2, 0) is 19.6 Å². The SMILES string of the molecule is CC(=O)Nc1cccc(NC(=O)[C@@H](C)NS(=O)(=O)c2ccc(F)cc2)c1. The van der Waals surface area contributed by atoms with Crippen LogP contribution in [0.2, 0.25) is 0 Å². The van der Waals surface area contributed by atoms with Crippen molar-refractivity contribution in [2.24, 2.45) is 0 Å². The standard InChI is InChI=1S/C17H18FN3O4S/c1-11(21-26(24,25)16-8-6-13(18)7-9-16)17(23)20-15-5-3-4-14(10-15)19-12(2)22/h3-11,21H,1-2H3,(H,19,22)(H,20,23)/t11-/m1/s1. The van der Waals surface area contributed by atoms with Crippen LogP contribution in [0.3, 0.4) is 0 Å². The number of sulfonamides is 1. The summed E-state index contributed by atoms with van der Waals surface area (Å²) < 4.78 is 39.6. The fourth-order valence-corrected chi connectivity index (χ4v) is 3.30. The second kappa shape index (κ2) is 8.07. The summed E-state index contributed by atoms with van der Waals surface area (Å²) in [6.07, 6.45) is 0. The number of benzene rings is 2. The number of amides is 2. The molecule has 0 fully saturated rings. The van der Waals surface area contributed by atoms with Gasteiger partial charge in [-0.1, -0.05) is 6.07 Å². The molecule has 138 valence electrons. The second-order valence-electron chi connectivity index (χ2n) is 5.55. The number of rotatable bonds is 6. The average molecular weight is 379 g/mol. The first-order chi connectivity index (χ1) is 12.2. The van der Waals surface area contributed by atoms with Gasteiger partial charge in [-0.05, 0) is 49.4 Å². The third-order valence-electron chi connectivity index (χ3n) is 3.30. The third-order valence-corrected chi connectivity index (χ3v) is 4.86. The van der Waals surface area contributed by atoms with Gasteiger partial charge in [-0.15, -0.1) is 0 Å². The van der Waals surface area contributed by atoms with E-state index in [0.29, 0.717) is 11.4 Å². The smallest absolute Gasteiger partial charge is 0.242 e.